The zero-order chi connectivity index (χ0) is 14.9. The maximum atomic E-state index is 11.5. The van der Waals surface area contributed by atoms with Gasteiger partial charge in [0.15, 0.2) is 5.82 Å². The molecule has 2 rings (SSSR count). The number of methoxy groups -OCH3 is 1. The van der Waals surface area contributed by atoms with Crippen molar-refractivity contribution in [2.45, 2.75) is 18.6 Å². The van der Waals surface area contributed by atoms with E-state index in [1.165, 1.54) is 11.7 Å². The van der Waals surface area contributed by atoms with Crippen LogP contribution in [0.25, 0.3) is 11.4 Å². The second-order valence-electron chi connectivity index (χ2n) is 4.26. The molecule has 0 radical (unpaired) electrons. The lowest BCUT2D eigenvalue weighted by atomic mass is 10.2. The van der Waals surface area contributed by atoms with E-state index in [0.29, 0.717) is 18.0 Å². The molecule has 0 fully saturated rings. The molecule has 10 heteroatoms. The van der Waals surface area contributed by atoms with Crippen molar-refractivity contribution >= 4 is 10.0 Å². The number of primary sulfonamides is 1. The minimum absolute atomic E-state index is 0.277. The Bertz CT molecular complexity index is 717. The highest BCUT2D eigenvalue weighted by atomic mass is 32.2. The molecule has 2 aromatic heterocycles. The van der Waals surface area contributed by atoms with Crippen molar-refractivity contribution in [3.8, 4) is 11.4 Å². The molecular formula is C10H16N6O3S. The molecule has 9 nitrogen and oxygen atoms in total. The highest BCUT2D eigenvalue weighted by molar-refractivity contribution is 7.89. The largest absolute Gasteiger partial charge is 0.383 e. The fourth-order valence-electron chi connectivity index (χ4n) is 1.80. The summed E-state index contributed by atoms with van der Waals surface area (Å²) in [5.41, 5.74) is 1.54. The van der Waals surface area contributed by atoms with Crippen molar-refractivity contribution in [1.29, 1.82) is 0 Å². The fourth-order valence-corrected chi connectivity index (χ4v) is 2.44. The number of aromatic nitrogens is 5. The lowest BCUT2D eigenvalue weighted by Gasteiger charge is -2.08. The van der Waals surface area contributed by atoms with Gasteiger partial charge in [0.05, 0.1) is 24.9 Å². The van der Waals surface area contributed by atoms with Crippen molar-refractivity contribution in [3.63, 3.8) is 0 Å². The number of nitrogens with two attached hydrogens (primary N) is 1. The van der Waals surface area contributed by atoms with Gasteiger partial charge in [-0.05, 0) is 6.92 Å². The lowest BCUT2D eigenvalue weighted by molar-refractivity contribution is 0.185. The van der Waals surface area contributed by atoms with E-state index in [1.54, 1.807) is 17.9 Å². The van der Waals surface area contributed by atoms with Crippen LogP contribution in [0.4, 0.5) is 0 Å². The van der Waals surface area contributed by atoms with Crippen molar-refractivity contribution in [3.05, 3.63) is 11.9 Å². The summed E-state index contributed by atoms with van der Waals surface area (Å²) in [6, 6.07) is 0. The van der Waals surface area contributed by atoms with Crippen LogP contribution in [0.1, 0.15) is 5.69 Å². The van der Waals surface area contributed by atoms with Crippen LogP contribution >= 0.6 is 0 Å². The summed E-state index contributed by atoms with van der Waals surface area (Å²) in [5.74, 6) is 0.400. The summed E-state index contributed by atoms with van der Waals surface area (Å²) in [7, 11) is -0.640. The Morgan fingerprint density at radius 1 is 1.40 bits per heavy atom. The summed E-state index contributed by atoms with van der Waals surface area (Å²) < 4.78 is 31.2. The molecule has 110 valence electrons. The predicted molar refractivity (Wildman–Crippen MR) is 70.2 cm³/mol. The first-order chi connectivity index (χ1) is 9.36. The highest BCUT2D eigenvalue weighted by Gasteiger charge is 2.23. The van der Waals surface area contributed by atoms with Gasteiger partial charge in [-0.3, -0.25) is 9.25 Å². The smallest absolute Gasteiger partial charge is 0.273 e. The third kappa shape index (κ3) is 2.57. The number of sulfonamides is 1. The topological polar surface area (TPSA) is 118 Å². The Hall–Kier alpha value is -1.78. The van der Waals surface area contributed by atoms with Gasteiger partial charge in [0.1, 0.15) is 0 Å². The summed E-state index contributed by atoms with van der Waals surface area (Å²) in [5, 5.41) is 16.6. The van der Waals surface area contributed by atoms with Crippen LogP contribution in [-0.4, -0.2) is 46.7 Å². The standard InChI is InChI=1S/C10H16N6O3S/c1-7-8(6-12-15(7)2)9-13-14-10(20(11,17)18)16(9)4-5-19-3/h6H,4-5H2,1-3H3,(H2,11,17,18). The van der Waals surface area contributed by atoms with E-state index in [9.17, 15) is 8.42 Å². The molecule has 0 aromatic carbocycles. The molecule has 0 aliphatic carbocycles. The zero-order valence-electron chi connectivity index (χ0n) is 11.4. The van der Waals surface area contributed by atoms with Gasteiger partial charge in [-0.2, -0.15) is 5.10 Å². The van der Waals surface area contributed by atoms with Crippen molar-refractivity contribution in [2.24, 2.45) is 12.2 Å². The first-order valence-corrected chi connectivity index (χ1v) is 7.34. The Morgan fingerprint density at radius 2 is 2.10 bits per heavy atom. The Labute approximate surface area is 116 Å². The number of nitrogens with zero attached hydrogens (tertiary/aromatic N) is 5. The van der Waals surface area contributed by atoms with Crippen LogP contribution in [0.15, 0.2) is 11.4 Å². The number of ether oxygens (including phenoxy) is 1. The molecule has 2 aromatic rings. The normalized spacial score (nSPS) is 12.0. The van der Waals surface area contributed by atoms with Crippen molar-refractivity contribution in [1.82, 2.24) is 24.5 Å². The summed E-state index contributed by atoms with van der Waals surface area (Å²) >= 11 is 0. The molecule has 20 heavy (non-hydrogen) atoms. The van der Waals surface area contributed by atoms with E-state index < -0.39 is 10.0 Å². The van der Waals surface area contributed by atoms with Crippen LogP contribution in [0, 0.1) is 6.92 Å². The van der Waals surface area contributed by atoms with Gasteiger partial charge in [-0.15, -0.1) is 10.2 Å². The molecule has 0 saturated carbocycles. The van der Waals surface area contributed by atoms with E-state index in [4.69, 9.17) is 9.88 Å². The predicted octanol–water partition coefficient (Wildman–Crippen LogP) is -0.719. The number of aryl methyl sites for hydroxylation is 1. The number of hydrogen-bond acceptors (Lipinski definition) is 6. The number of rotatable bonds is 5. The second-order valence-corrected chi connectivity index (χ2v) is 5.72. The first-order valence-electron chi connectivity index (χ1n) is 5.80. The minimum atomic E-state index is -3.95. The van der Waals surface area contributed by atoms with E-state index >= 15 is 0 Å². The molecule has 2 N–H and O–H groups in total. The average Bonchev–Trinajstić information content (AvgIpc) is 2.91. The molecular weight excluding hydrogens is 284 g/mol. The molecule has 0 amide bonds. The molecule has 2 heterocycles. The SMILES string of the molecule is COCCn1c(-c2cnn(C)c2C)nnc1S(N)(=O)=O. The fraction of sp³-hybridized carbons (Fsp3) is 0.500. The lowest BCUT2D eigenvalue weighted by Crippen LogP contribution is -2.20. The van der Waals surface area contributed by atoms with Gasteiger partial charge in [-0.25, -0.2) is 13.6 Å². The minimum Gasteiger partial charge on any atom is -0.383 e. The van der Waals surface area contributed by atoms with Crippen molar-refractivity contribution < 1.29 is 13.2 Å². The Balaban J connectivity index is 2.59. The third-order valence-corrected chi connectivity index (χ3v) is 3.78. The third-order valence-electron chi connectivity index (χ3n) is 2.97. The first kappa shape index (κ1) is 14.6. The van der Waals surface area contributed by atoms with E-state index in [0.717, 1.165) is 5.69 Å². The quantitative estimate of drug-likeness (QED) is 0.778. The van der Waals surface area contributed by atoms with Crippen LogP contribution < -0.4 is 5.14 Å². The maximum Gasteiger partial charge on any atom is 0.273 e. The molecule has 0 bridgehead atoms. The Morgan fingerprint density at radius 3 is 2.60 bits per heavy atom. The van der Waals surface area contributed by atoms with Crippen LogP contribution in [0.3, 0.4) is 0 Å². The molecule has 0 aliphatic heterocycles. The Kier molecular flexibility index (Phi) is 3.88. The molecule has 0 aliphatic rings. The van der Waals surface area contributed by atoms with E-state index in [2.05, 4.69) is 15.3 Å². The second kappa shape index (κ2) is 5.31. The van der Waals surface area contributed by atoms with E-state index in [1.807, 2.05) is 6.92 Å². The van der Waals surface area contributed by atoms with Gasteiger partial charge < -0.3 is 4.74 Å². The van der Waals surface area contributed by atoms with Crippen LogP contribution in [0.2, 0.25) is 0 Å². The van der Waals surface area contributed by atoms with Gasteiger partial charge in [-0.1, -0.05) is 0 Å². The highest BCUT2D eigenvalue weighted by Crippen LogP contribution is 2.22. The van der Waals surface area contributed by atoms with Gasteiger partial charge >= 0.3 is 0 Å². The maximum absolute atomic E-state index is 11.5. The van der Waals surface area contributed by atoms with Crippen LogP contribution in [-0.2, 0) is 28.4 Å². The summed E-state index contributed by atoms with van der Waals surface area (Å²) in [6.45, 7) is 2.44. The van der Waals surface area contributed by atoms with Gasteiger partial charge in [0, 0.05) is 19.9 Å². The summed E-state index contributed by atoms with van der Waals surface area (Å²) in [6.07, 6.45) is 1.61. The molecule has 0 atom stereocenters. The van der Waals surface area contributed by atoms with Crippen LogP contribution in [0.5, 0.6) is 0 Å². The molecule has 0 spiro atoms. The van der Waals surface area contributed by atoms with Crippen molar-refractivity contribution in [2.75, 3.05) is 13.7 Å². The molecule has 0 unspecified atom stereocenters. The number of hydrogen-bond donors (Lipinski definition) is 1. The zero-order valence-corrected chi connectivity index (χ0v) is 12.3. The van der Waals surface area contributed by atoms with Gasteiger partial charge in [0.25, 0.3) is 15.2 Å². The molecule has 0 saturated heterocycles. The average molecular weight is 300 g/mol. The summed E-state index contributed by atoms with van der Waals surface area (Å²) in [4.78, 5) is 0. The van der Waals surface area contributed by atoms with E-state index in [-0.39, 0.29) is 11.7 Å². The monoisotopic (exact) mass is 300 g/mol. The van der Waals surface area contributed by atoms with Gasteiger partial charge in [0.2, 0.25) is 0 Å².